The zero-order valence-corrected chi connectivity index (χ0v) is 10.8. The third-order valence-electron chi connectivity index (χ3n) is 1.93. The summed E-state index contributed by atoms with van der Waals surface area (Å²) in [7, 11) is 0. The maximum Gasteiger partial charge on any atom is 0.336 e. The number of ether oxygens (including phenoxy) is 2. The highest BCUT2D eigenvalue weighted by atomic mass is 19.1. The van der Waals surface area contributed by atoms with E-state index >= 15 is 0 Å². The quantitative estimate of drug-likeness (QED) is 0.467. The van der Waals surface area contributed by atoms with E-state index in [4.69, 9.17) is 9.47 Å². The van der Waals surface area contributed by atoms with Crippen LogP contribution < -0.4 is 4.74 Å². The number of benzene rings is 1. The zero-order chi connectivity index (χ0) is 14.3. The zero-order valence-electron chi connectivity index (χ0n) is 10.8. The van der Waals surface area contributed by atoms with Gasteiger partial charge in [-0.3, -0.25) is 0 Å². The molecule has 0 unspecified atom stereocenters. The Kier molecular flexibility index (Phi) is 5.73. The number of rotatable bonds is 5. The van der Waals surface area contributed by atoms with E-state index in [1.165, 1.54) is 18.2 Å². The number of carbonyl (C=O) groups excluding carboxylic acids is 2. The molecular formula is C14H15FO4. The van der Waals surface area contributed by atoms with Crippen molar-refractivity contribution in [3.05, 3.63) is 42.2 Å². The summed E-state index contributed by atoms with van der Waals surface area (Å²) in [6.07, 6.45) is 1.91. The molecule has 0 amide bonds. The van der Waals surface area contributed by atoms with Crippen LogP contribution in [-0.4, -0.2) is 18.5 Å². The number of hydrogen-bond donors (Lipinski definition) is 0. The van der Waals surface area contributed by atoms with Crippen LogP contribution in [0.15, 0.2) is 36.4 Å². The standard InChI is InChI=1S/C14H15FO4/c1-10(2)9-18-13(16)6-7-14(17)19-12-5-3-4-11(15)8-12/h3-8,10H,9H2,1-2H3/b7-6+. The van der Waals surface area contributed by atoms with Gasteiger partial charge in [-0.05, 0) is 18.1 Å². The molecule has 1 aromatic rings. The molecule has 1 rings (SSSR count). The molecular weight excluding hydrogens is 251 g/mol. The maximum atomic E-state index is 12.8. The van der Waals surface area contributed by atoms with Crippen molar-refractivity contribution in [3.63, 3.8) is 0 Å². The van der Waals surface area contributed by atoms with E-state index in [0.29, 0.717) is 0 Å². The Morgan fingerprint density at radius 3 is 2.58 bits per heavy atom. The van der Waals surface area contributed by atoms with Gasteiger partial charge in [-0.2, -0.15) is 0 Å². The molecule has 5 heteroatoms. The van der Waals surface area contributed by atoms with Crippen molar-refractivity contribution in [1.82, 2.24) is 0 Å². The molecule has 0 aliphatic rings. The first kappa shape index (κ1) is 14.9. The van der Waals surface area contributed by atoms with Gasteiger partial charge < -0.3 is 9.47 Å². The Morgan fingerprint density at radius 2 is 1.95 bits per heavy atom. The van der Waals surface area contributed by atoms with Gasteiger partial charge in [0.25, 0.3) is 0 Å². The van der Waals surface area contributed by atoms with Crippen molar-refractivity contribution in [2.45, 2.75) is 13.8 Å². The first-order chi connectivity index (χ1) is 8.97. The Bertz CT molecular complexity index is 480. The number of halogens is 1. The first-order valence-electron chi connectivity index (χ1n) is 5.79. The summed E-state index contributed by atoms with van der Waals surface area (Å²) in [5, 5.41) is 0. The van der Waals surface area contributed by atoms with Crippen LogP contribution in [0.4, 0.5) is 4.39 Å². The van der Waals surface area contributed by atoms with Gasteiger partial charge in [0, 0.05) is 18.2 Å². The second kappa shape index (κ2) is 7.31. The van der Waals surface area contributed by atoms with Crippen LogP contribution in [-0.2, 0) is 14.3 Å². The molecule has 0 heterocycles. The molecule has 0 aliphatic carbocycles. The number of esters is 2. The van der Waals surface area contributed by atoms with E-state index in [0.717, 1.165) is 18.2 Å². The lowest BCUT2D eigenvalue weighted by molar-refractivity contribution is -0.139. The van der Waals surface area contributed by atoms with Gasteiger partial charge in [0.05, 0.1) is 6.61 Å². The largest absolute Gasteiger partial charge is 0.462 e. The van der Waals surface area contributed by atoms with Gasteiger partial charge >= 0.3 is 11.9 Å². The highest BCUT2D eigenvalue weighted by Crippen LogP contribution is 2.12. The summed E-state index contributed by atoms with van der Waals surface area (Å²) < 4.78 is 22.5. The predicted octanol–water partition coefficient (Wildman–Crippen LogP) is 2.49. The van der Waals surface area contributed by atoms with Gasteiger partial charge in [-0.25, -0.2) is 14.0 Å². The van der Waals surface area contributed by atoms with Crippen LogP contribution in [0, 0.1) is 11.7 Å². The lowest BCUT2D eigenvalue weighted by atomic mass is 10.2. The average molecular weight is 266 g/mol. The summed E-state index contributed by atoms with van der Waals surface area (Å²) >= 11 is 0. The smallest absolute Gasteiger partial charge is 0.336 e. The summed E-state index contributed by atoms with van der Waals surface area (Å²) in [6, 6.07) is 5.16. The molecule has 0 spiro atoms. The van der Waals surface area contributed by atoms with Crippen LogP contribution in [0.5, 0.6) is 5.75 Å². The van der Waals surface area contributed by atoms with Crippen LogP contribution in [0.3, 0.4) is 0 Å². The van der Waals surface area contributed by atoms with Crippen LogP contribution in [0.2, 0.25) is 0 Å². The fourth-order valence-electron chi connectivity index (χ4n) is 1.11. The third-order valence-corrected chi connectivity index (χ3v) is 1.93. The van der Waals surface area contributed by atoms with Gasteiger partial charge in [0.1, 0.15) is 11.6 Å². The van der Waals surface area contributed by atoms with E-state index < -0.39 is 17.8 Å². The van der Waals surface area contributed by atoms with E-state index in [2.05, 4.69) is 0 Å². The second-order valence-electron chi connectivity index (χ2n) is 4.24. The second-order valence-corrected chi connectivity index (χ2v) is 4.24. The van der Waals surface area contributed by atoms with E-state index in [1.807, 2.05) is 13.8 Å². The molecule has 102 valence electrons. The minimum Gasteiger partial charge on any atom is -0.462 e. The molecule has 0 radical (unpaired) electrons. The van der Waals surface area contributed by atoms with Crippen molar-refractivity contribution in [2.24, 2.45) is 5.92 Å². The van der Waals surface area contributed by atoms with Crippen molar-refractivity contribution < 1.29 is 23.5 Å². The molecule has 0 fully saturated rings. The Balaban J connectivity index is 2.44. The molecule has 0 bridgehead atoms. The predicted molar refractivity (Wildman–Crippen MR) is 67.0 cm³/mol. The normalized spacial score (nSPS) is 10.7. The summed E-state index contributed by atoms with van der Waals surface area (Å²) in [5.74, 6) is -1.61. The highest BCUT2D eigenvalue weighted by molar-refractivity contribution is 5.92. The molecule has 4 nitrogen and oxygen atoms in total. The lowest BCUT2D eigenvalue weighted by Gasteiger charge is -2.04. The topological polar surface area (TPSA) is 52.6 Å². The molecule has 0 saturated heterocycles. The molecule has 0 aromatic heterocycles. The van der Waals surface area contributed by atoms with E-state index in [-0.39, 0.29) is 18.3 Å². The van der Waals surface area contributed by atoms with Crippen LogP contribution in [0.25, 0.3) is 0 Å². The molecule has 1 aromatic carbocycles. The molecule has 19 heavy (non-hydrogen) atoms. The Morgan fingerprint density at radius 1 is 1.26 bits per heavy atom. The fourth-order valence-corrected chi connectivity index (χ4v) is 1.11. The van der Waals surface area contributed by atoms with Gasteiger partial charge in [0.2, 0.25) is 0 Å². The van der Waals surface area contributed by atoms with Crippen molar-refractivity contribution in [3.8, 4) is 5.75 Å². The average Bonchev–Trinajstić information content (AvgIpc) is 2.34. The van der Waals surface area contributed by atoms with Crippen LogP contribution in [0.1, 0.15) is 13.8 Å². The first-order valence-corrected chi connectivity index (χ1v) is 5.79. The van der Waals surface area contributed by atoms with Gasteiger partial charge in [-0.15, -0.1) is 0 Å². The van der Waals surface area contributed by atoms with E-state index in [9.17, 15) is 14.0 Å². The summed E-state index contributed by atoms with van der Waals surface area (Å²) in [5.41, 5.74) is 0. The Hall–Kier alpha value is -2.17. The van der Waals surface area contributed by atoms with Crippen molar-refractivity contribution >= 4 is 11.9 Å². The summed E-state index contributed by atoms with van der Waals surface area (Å²) in [6.45, 7) is 4.08. The van der Waals surface area contributed by atoms with Crippen molar-refractivity contribution in [2.75, 3.05) is 6.61 Å². The van der Waals surface area contributed by atoms with Crippen LogP contribution >= 0.6 is 0 Å². The molecule has 0 N–H and O–H groups in total. The fraction of sp³-hybridized carbons (Fsp3) is 0.286. The monoisotopic (exact) mass is 266 g/mol. The Labute approximate surface area is 110 Å². The molecule has 0 saturated carbocycles. The molecule has 0 aliphatic heterocycles. The maximum absolute atomic E-state index is 12.8. The molecule has 0 atom stereocenters. The minimum atomic E-state index is -0.771. The van der Waals surface area contributed by atoms with Gasteiger partial charge in [0.15, 0.2) is 0 Å². The lowest BCUT2D eigenvalue weighted by Crippen LogP contribution is -2.09. The third kappa shape index (κ3) is 6.35. The van der Waals surface area contributed by atoms with Gasteiger partial charge in [-0.1, -0.05) is 19.9 Å². The SMILES string of the molecule is CC(C)COC(=O)/C=C/C(=O)Oc1cccc(F)c1. The van der Waals surface area contributed by atoms with Crippen molar-refractivity contribution in [1.29, 1.82) is 0 Å². The highest BCUT2D eigenvalue weighted by Gasteiger charge is 2.04. The van der Waals surface area contributed by atoms with E-state index in [1.54, 1.807) is 0 Å². The summed E-state index contributed by atoms with van der Waals surface area (Å²) in [4.78, 5) is 22.5. The number of carbonyl (C=O) groups is 2. The minimum absolute atomic E-state index is 0.0743. The number of hydrogen-bond acceptors (Lipinski definition) is 4.